The Bertz CT molecular complexity index is 1330. The fourth-order valence-electron chi connectivity index (χ4n) is 5.13. The van der Waals surface area contributed by atoms with Crippen molar-refractivity contribution in [1.29, 1.82) is 0 Å². The summed E-state index contributed by atoms with van der Waals surface area (Å²) < 4.78 is 5.28. The Balaban J connectivity index is 1.43. The van der Waals surface area contributed by atoms with Crippen molar-refractivity contribution in [2.24, 2.45) is 10.7 Å². The number of benzene rings is 2. The molecule has 2 aliphatic rings. The van der Waals surface area contributed by atoms with Gasteiger partial charge < -0.3 is 10.2 Å². The molecular weight excluding hydrogens is 422 g/mol. The van der Waals surface area contributed by atoms with E-state index < -0.39 is 0 Å². The van der Waals surface area contributed by atoms with E-state index >= 15 is 0 Å². The molecule has 2 aromatic heterocycles. The van der Waals surface area contributed by atoms with E-state index in [1.54, 1.807) is 6.26 Å². The number of aliphatic imine (C=N–C) groups is 1. The van der Waals surface area contributed by atoms with Gasteiger partial charge in [0.1, 0.15) is 17.6 Å². The summed E-state index contributed by atoms with van der Waals surface area (Å²) >= 11 is 0. The molecule has 0 spiro atoms. The van der Waals surface area contributed by atoms with E-state index in [0.717, 1.165) is 53.4 Å². The number of nitrogens with two attached hydrogens (primary N) is 1. The highest BCUT2D eigenvalue weighted by Gasteiger charge is 2.35. The normalized spacial score (nSPS) is 21.2. The standard InChI is InChI=1S/C28H27N5O/c1-18-22(19-8-10-21(11-9-19)28(29)12-5-13-28)14-23(25-16-34-17-31-25)32-24-15-30-27(33-26(18)24)20-6-3-2-4-7-20/h2-4,6-11,15-18,22H,5,12-14,29H2,1H3. The molecule has 2 N–H and O–H groups in total. The monoisotopic (exact) mass is 449 g/mol. The van der Waals surface area contributed by atoms with Gasteiger partial charge >= 0.3 is 0 Å². The number of hydrogen-bond donors (Lipinski definition) is 1. The van der Waals surface area contributed by atoms with Crippen molar-refractivity contribution < 1.29 is 4.42 Å². The second-order valence-corrected chi connectivity index (χ2v) is 9.49. The predicted molar refractivity (Wildman–Crippen MR) is 132 cm³/mol. The Kier molecular flexibility index (Phi) is 5.11. The number of oxazole rings is 1. The van der Waals surface area contributed by atoms with E-state index in [2.05, 4.69) is 41.2 Å². The zero-order valence-electron chi connectivity index (χ0n) is 19.2. The van der Waals surface area contributed by atoms with Gasteiger partial charge in [-0.2, -0.15) is 0 Å². The molecule has 2 unspecified atom stereocenters. The number of hydrogen-bond acceptors (Lipinski definition) is 6. The van der Waals surface area contributed by atoms with E-state index in [-0.39, 0.29) is 17.4 Å². The van der Waals surface area contributed by atoms with Crippen LogP contribution in [0.2, 0.25) is 0 Å². The second kappa shape index (κ2) is 8.29. The molecular formula is C28H27N5O. The Morgan fingerprint density at radius 1 is 1.00 bits per heavy atom. The summed E-state index contributed by atoms with van der Waals surface area (Å²) in [5.74, 6) is 1.03. The third-order valence-electron chi connectivity index (χ3n) is 7.42. The Morgan fingerprint density at radius 3 is 2.47 bits per heavy atom. The molecule has 34 heavy (non-hydrogen) atoms. The van der Waals surface area contributed by atoms with Gasteiger partial charge in [0.25, 0.3) is 0 Å². The number of rotatable bonds is 4. The van der Waals surface area contributed by atoms with Crippen molar-refractivity contribution >= 4 is 11.4 Å². The minimum absolute atomic E-state index is 0.134. The molecule has 0 amide bonds. The van der Waals surface area contributed by atoms with Gasteiger partial charge in [-0.05, 0) is 42.7 Å². The highest BCUT2D eigenvalue weighted by atomic mass is 16.3. The lowest BCUT2D eigenvalue weighted by Gasteiger charge is -2.38. The molecule has 6 nitrogen and oxygen atoms in total. The SMILES string of the molecule is CC1c2nc(-c3ccccc3)ncc2N=C(c2cocn2)CC1c1ccc(C2(N)CCC2)cc1. The zero-order valence-corrected chi connectivity index (χ0v) is 19.2. The van der Waals surface area contributed by atoms with Gasteiger partial charge in [0.15, 0.2) is 12.2 Å². The highest BCUT2D eigenvalue weighted by molar-refractivity contribution is 6.01. The lowest BCUT2D eigenvalue weighted by Crippen LogP contribution is -2.43. The summed E-state index contributed by atoms with van der Waals surface area (Å²) in [6.07, 6.45) is 8.99. The minimum atomic E-state index is -0.161. The Labute approximate surface area is 199 Å². The van der Waals surface area contributed by atoms with Gasteiger partial charge in [0, 0.05) is 17.0 Å². The molecule has 4 aromatic rings. The first-order valence-electron chi connectivity index (χ1n) is 11.9. The molecule has 2 atom stereocenters. The summed E-state index contributed by atoms with van der Waals surface area (Å²) in [5.41, 5.74) is 13.3. The first-order chi connectivity index (χ1) is 16.6. The predicted octanol–water partition coefficient (Wildman–Crippen LogP) is 5.88. The maximum Gasteiger partial charge on any atom is 0.181 e. The van der Waals surface area contributed by atoms with E-state index in [4.69, 9.17) is 20.1 Å². The molecule has 170 valence electrons. The van der Waals surface area contributed by atoms with Crippen LogP contribution in [0.3, 0.4) is 0 Å². The fraction of sp³-hybridized carbons (Fsp3) is 0.286. The van der Waals surface area contributed by atoms with Crippen LogP contribution in [0.5, 0.6) is 0 Å². The van der Waals surface area contributed by atoms with Crippen molar-refractivity contribution in [3.8, 4) is 11.4 Å². The molecule has 0 radical (unpaired) electrons. The van der Waals surface area contributed by atoms with Crippen molar-refractivity contribution in [2.45, 2.75) is 50.0 Å². The molecule has 3 heterocycles. The largest absolute Gasteiger partial charge is 0.451 e. The number of aromatic nitrogens is 3. The number of nitrogens with zero attached hydrogens (tertiary/aromatic N) is 4. The third kappa shape index (κ3) is 3.64. The van der Waals surface area contributed by atoms with Gasteiger partial charge in [-0.1, -0.05) is 61.5 Å². The topological polar surface area (TPSA) is 90.2 Å². The maximum atomic E-state index is 6.57. The summed E-state index contributed by atoms with van der Waals surface area (Å²) in [4.78, 5) is 19.0. The Morgan fingerprint density at radius 2 is 1.79 bits per heavy atom. The van der Waals surface area contributed by atoms with Crippen molar-refractivity contribution in [2.75, 3.05) is 0 Å². The van der Waals surface area contributed by atoms with Crippen LogP contribution in [-0.2, 0) is 5.54 Å². The summed E-state index contributed by atoms with van der Waals surface area (Å²) in [5, 5.41) is 0. The molecule has 2 aromatic carbocycles. The lowest BCUT2D eigenvalue weighted by atomic mass is 9.72. The Hall–Kier alpha value is -3.64. The van der Waals surface area contributed by atoms with Crippen molar-refractivity contribution in [3.05, 3.63) is 96.0 Å². The van der Waals surface area contributed by atoms with E-state index in [0.29, 0.717) is 0 Å². The quantitative estimate of drug-likeness (QED) is 0.420. The third-order valence-corrected chi connectivity index (χ3v) is 7.42. The van der Waals surface area contributed by atoms with Crippen LogP contribution in [0.4, 0.5) is 5.69 Å². The molecule has 0 saturated heterocycles. The minimum Gasteiger partial charge on any atom is -0.451 e. The van der Waals surface area contributed by atoms with Crippen LogP contribution in [0.15, 0.2) is 82.9 Å². The zero-order chi connectivity index (χ0) is 23.1. The second-order valence-electron chi connectivity index (χ2n) is 9.49. The lowest BCUT2D eigenvalue weighted by molar-refractivity contribution is 0.253. The van der Waals surface area contributed by atoms with E-state index in [1.165, 1.54) is 23.9 Å². The molecule has 6 rings (SSSR count). The highest BCUT2D eigenvalue weighted by Crippen LogP contribution is 2.44. The van der Waals surface area contributed by atoms with Gasteiger partial charge in [0.2, 0.25) is 0 Å². The van der Waals surface area contributed by atoms with E-state index in [1.807, 2.05) is 36.5 Å². The molecule has 1 aliphatic heterocycles. The molecule has 1 saturated carbocycles. The average molecular weight is 450 g/mol. The van der Waals surface area contributed by atoms with E-state index in [9.17, 15) is 0 Å². The van der Waals surface area contributed by atoms with Gasteiger partial charge in [0.05, 0.1) is 17.6 Å². The first-order valence-corrected chi connectivity index (χ1v) is 11.9. The molecule has 1 fully saturated rings. The summed E-state index contributed by atoms with van der Waals surface area (Å²) in [7, 11) is 0. The molecule has 6 heteroatoms. The van der Waals surface area contributed by atoms with Gasteiger partial charge in [-0.25, -0.2) is 19.9 Å². The molecule has 0 bridgehead atoms. The number of fused-ring (bicyclic) bond motifs is 1. The van der Waals surface area contributed by atoms with Crippen LogP contribution < -0.4 is 5.73 Å². The van der Waals surface area contributed by atoms with Crippen molar-refractivity contribution in [3.63, 3.8) is 0 Å². The molecule has 1 aliphatic carbocycles. The fourth-order valence-corrected chi connectivity index (χ4v) is 5.13. The van der Waals surface area contributed by atoms with Crippen LogP contribution >= 0.6 is 0 Å². The average Bonchev–Trinajstić information content (AvgIpc) is 3.36. The van der Waals surface area contributed by atoms with Crippen molar-refractivity contribution in [1.82, 2.24) is 15.0 Å². The maximum absolute atomic E-state index is 6.57. The summed E-state index contributed by atoms with van der Waals surface area (Å²) in [6, 6.07) is 18.9. The smallest absolute Gasteiger partial charge is 0.181 e. The first kappa shape index (κ1) is 20.9. The van der Waals surface area contributed by atoms with Crippen LogP contribution in [0.1, 0.15) is 67.0 Å². The van der Waals surface area contributed by atoms with Gasteiger partial charge in [-0.3, -0.25) is 0 Å². The summed E-state index contributed by atoms with van der Waals surface area (Å²) in [6.45, 7) is 2.23. The van der Waals surface area contributed by atoms with Gasteiger partial charge in [-0.15, -0.1) is 0 Å². The van der Waals surface area contributed by atoms with Crippen LogP contribution in [0, 0.1) is 0 Å². The van der Waals surface area contributed by atoms with Crippen LogP contribution in [-0.4, -0.2) is 20.7 Å². The van der Waals surface area contributed by atoms with Crippen LogP contribution in [0.25, 0.3) is 11.4 Å².